The average Bonchev–Trinajstić information content (AvgIpc) is 2.78. The highest BCUT2D eigenvalue weighted by Crippen LogP contribution is 2.36. The first-order valence-electron chi connectivity index (χ1n) is 9.62. The number of nitrogens with one attached hydrogen (secondary N) is 1. The predicted octanol–water partition coefficient (Wildman–Crippen LogP) is 6.44. The van der Waals surface area contributed by atoms with Crippen LogP contribution in [0.1, 0.15) is 16.7 Å². The van der Waals surface area contributed by atoms with Crippen LogP contribution < -0.4 is 10.1 Å². The van der Waals surface area contributed by atoms with Crippen molar-refractivity contribution in [2.45, 2.75) is 13.5 Å². The summed E-state index contributed by atoms with van der Waals surface area (Å²) in [6, 6.07) is 18.4. The molecular weight excluding hydrogens is 510 g/mol. The predicted molar refractivity (Wildman–Crippen MR) is 130 cm³/mol. The van der Waals surface area contributed by atoms with Crippen molar-refractivity contribution in [2.75, 3.05) is 5.32 Å². The van der Waals surface area contributed by atoms with Gasteiger partial charge in [-0.1, -0.05) is 29.8 Å². The highest BCUT2D eigenvalue weighted by atomic mass is 79.9. The molecule has 3 aromatic carbocycles. The average molecular weight is 527 g/mol. The molecule has 0 atom stereocenters. The Morgan fingerprint density at radius 1 is 1.24 bits per heavy atom. The van der Waals surface area contributed by atoms with Gasteiger partial charge in [-0.3, -0.25) is 14.9 Å². The smallest absolute Gasteiger partial charge is 0.269 e. The number of hydrogen-bond donors (Lipinski definition) is 1. The van der Waals surface area contributed by atoms with Crippen molar-refractivity contribution in [2.24, 2.45) is 0 Å². The van der Waals surface area contributed by atoms with Crippen molar-refractivity contribution in [3.8, 4) is 11.8 Å². The number of carbonyl (C=O) groups excluding carboxylic acids is 1. The second-order valence-electron chi connectivity index (χ2n) is 6.96. The van der Waals surface area contributed by atoms with Crippen LogP contribution in [0.5, 0.6) is 5.75 Å². The van der Waals surface area contributed by atoms with Gasteiger partial charge in [0.25, 0.3) is 11.6 Å². The number of benzene rings is 3. The van der Waals surface area contributed by atoms with Crippen molar-refractivity contribution in [3.05, 3.63) is 103 Å². The van der Waals surface area contributed by atoms with Crippen molar-refractivity contribution in [3.63, 3.8) is 0 Å². The molecule has 9 heteroatoms. The number of ether oxygens (including phenoxy) is 1. The van der Waals surface area contributed by atoms with E-state index in [1.54, 1.807) is 36.4 Å². The second-order valence-corrected chi connectivity index (χ2v) is 8.23. The summed E-state index contributed by atoms with van der Waals surface area (Å²) in [4.78, 5) is 22.8. The lowest BCUT2D eigenvalue weighted by Crippen LogP contribution is -2.14. The van der Waals surface area contributed by atoms with E-state index in [0.29, 0.717) is 21.5 Å². The van der Waals surface area contributed by atoms with Crippen LogP contribution in [0, 0.1) is 28.4 Å². The molecule has 1 amide bonds. The van der Waals surface area contributed by atoms with Gasteiger partial charge in [0.05, 0.1) is 14.4 Å². The van der Waals surface area contributed by atoms with E-state index in [-0.39, 0.29) is 22.9 Å². The van der Waals surface area contributed by atoms with E-state index in [1.165, 1.54) is 18.2 Å². The number of anilines is 1. The molecule has 7 nitrogen and oxygen atoms in total. The van der Waals surface area contributed by atoms with Gasteiger partial charge in [0.1, 0.15) is 18.2 Å². The largest absolute Gasteiger partial charge is 0.486 e. The van der Waals surface area contributed by atoms with Crippen molar-refractivity contribution in [1.82, 2.24) is 0 Å². The number of aryl methyl sites for hydroxylation is 1. The molecule has 0 radical (unpaired) electrons. The van der Waals surface area contributed by atoms with Gasteiger partial charge in [0.15, 0.2) is 5.75 Å². The summed E-state index contributed by atoms with van der Waals surface area (Å²) >= 11 is 9.77. The summed E-state index contributed by atoms with van der Waals surface area (Å²) in [6.07, 6.45) is 1.43. The van der Waals surface area contributed by atoms with Gasteiger partial charge in [-0.15, -0.1) is 0 Å². The Hall–Kier alpha value is -3.67. The summed E-state index contributed by atoms with van der Waals surface area (Å²) in [5.74, 6) is -0.160. The molecule has 0 fully saturated rings. The Labute approximate surface area is 203 Å². The molecule has 0 saturated carbocycles. The molecule has 0 bridgehead atoms. The molecule has 0 aliphatic carbocycles. The lowest BCUT2D eigenvalue weighted by molar-refractivity contribution is -0.384. The first-order valence-corrected chi connectivity index (χ1v) is 10.8. The third-order valence-electron chi connectivity index (χ3n) is 4.62. The number of non-ortho nitro benzene ring substituents is 1. The van der Waals surface area contributed by atoms with Crippen molar-refractivity contribution >= 4 is 50.9 Å². The zero-order chi connectivity index (χ0) is 24.0. The van der Waals surface area contributed by atoms with Crippen LogP contribution >= 0.6 is 27.5 Å². The Morgan fingerprint density at radius 3 is 2.55 bits per heavy atom. The van der Waals surface area contributed by atoms with E-state index in [9.17, 15) is 20.2 Å². The number of para-hydroxylation sites is 1. The van der Waals surface area contributed by atoms with Gasteiger partial charge in [0.2, 0.25) is 0 Å². The van der Waals surface area contributed by atoms with Gasteiger partial charge in [0, 0.05) is 17.8 Å². The standard InChI is InChI=1S/C24H17BrClN3O4/c1-15-4-2-3-5-22(15)28-24(30)18(13-27)10-17-11-20(25)23(21(26)12-17)33-14-16-6-8-19(9-7-16)29(31)32/h2-12H,14H2,1H3,(H,28,30)/b18-10-. The number of hydrogen-bond acceptors (Lipinski definition) is 5. The minimum absolute atomic E-state index is 0.00568. The maximum Gasteiger partial charge on any atom is 0.269 e. The number of halogens is 2. The molecule has 0 aliphatic rings. The molecule has 3 rings (SSSR count). The zero-order valence-corrected chi connectivity index (χ0v) is 19.7. The summed E-state index contributed by atoms with van der Waals surface area (Å²) in [6.45, 7) is 2.01. The lowest BCUT2D eigenvalue weighted by Gasteiger charge is -2.12. The van der Waals surface area contributed by atoms with Crippen LogP contribution in [0.25, 0.3) is 6.08 Å². The van der Waals surface area contributed by atoms with E-state index in [4.69, 9.17) is 16.3 Å². The summed E-state index contributed by atoms with van der Waals surface area (Å²) in [5, 5.41) is 23.2. The fourth-order valence-electron chi connectivity index (χ4n) is 2.89. The minimum atomic E-state index is -0.530. The van der Waals surface area contributed by atoms with Crippen LogP contribution in [0.3, 0.4) is 0 Å². The van der Waals surface area contributed by atoms with Crippen LogP contribution in [-0.4, -0.2) is 10.8 Å². The Balaban J connectivity index is 1.75. The number of rotatable bonds is 7. The third kappa shape index (κ3) is 6.19. The first-order chi connectivity index (χ1) is 15.8. The highest BCUT2D eigenvalue weighted by Gasteiger charge is 2.14. The summed E-state index contributed by atoms with van der Waals surface area (Å²) < 4.78 is 6.29. The van der Waals surface area contributed by atoms with Gasteiger partial charge in [-0.2, -0.15) is 5.26 Å². The highest BCUT2D eigenvalue weighted by molar-refractivity contribution is 9.10. The normalized spacial score (nSPS) is 10.9. The Morgan fingerprint density at radius 2 is 1.94 bits per heavy atom. The number of nitrogens with zero attached hydrogens (tertiary/aromatic N) is 2. The van der Waals surface area contributed by atoms with Crippen LogP contribution in [0.4, 0.5) is 11.4 Å². The van der Waals surface area contributed by atoms with Gasteiger partial charge in [-0.05, 0) is 76.0 Å². The zero-order valence-electron chi connectivity index (χ0n) is 17.3. The second kappa shape index (κ2) is 10.8. The SMILES string of the molecule is Cc1ccccc1NC(=O)/C(C#N)=C\c1cc(Cl)c(OCc2ccc([N+](=O)[O-])cc2)c(Br)c1. The van der Waals surface area contributed by atoms with E-state index in [0.717, 1.165) is 11.1 Å². The quantitative estimate of drug-likeness (QED) is 0.165. The summed E-state index contributed by atoms with van der Waals surface area (Å²) in [5.41, 5.74) is 2.68. The van der Waals surface area contributed by atoms with E-state index in [2.05, 4.69) is 21.2 Å². The van der Waals surface area contributed by atoms with Crippen molar-refractivity contribution < 1.29 is 14.5 Å². The number of nitro benzene ring substituents is 1. The van der Waals surface area contributed by atoms with Crippen LogP contribution in [0.15, 0.2) is 70.7 Å². The van der Waals surface area contributed by atoms with Crippen molar-refractivity contribution in [1.29, 1.82) is 5.26 Å². The molecule has 33 heavy (non-hydrogen) atoms. The first kappa shape index (κ1) is 24.0. The fraction of sp³-hybridized carbons (Fsp3) is 0.0833. The molecule has 0 aliphatic heterocycles. The monoisotopic (exact) mass is 525 g/mol. The molecule has 0 heterocycles. The molecule has 0 aromatic heterocycles. The molecule has 3 aromatic rings. The number of amides is 1. The number of nitriles is 1. The van der Waals surface area contributed by atoms with Crippen LogP contribution in [-0.2, 0) is 11.4 Å². The summed E-state index contributed by atoms with van der Waals surface area (Å²) in [7, 11) is 0. The molecule has 0 spiro atoms. The molecule has 1 N–H and O–H groups in total. The fourth-order valence-corrected chi connectivity index (χ4v) is 3.88. The lowest BCUT2D eigenvalue weighted by atomic mass is 10.1. The number of nitro groups is 1. The topological polar surface area (TPSA) is 105 Å². The maximum atomic E-state index is 12.5. The van der Waals surface area contributed by atoms with Crippen LogP contribution in [0.2, 0.25) is 5.02 Å². The van der Waals surface area contributed by atoms with E-state index >= 15 is 0 Å². The van der Waals surface area contributed by atoms with E-state index in [1.807, 2.05) is 25.1 Å². The third-order valence-corrected chi connectivity index (χ3v) is 5.49. The molecule has 0 saturated heterocycles. The molecule has 166 valence electrons. The molecular formula is C24H17BrClN3O4. The minimum Gasteiger partial charge on any atom is -0.486 e. The Bertz CT molecular complexity index is 1260. The van der Waals surface area contributed by atoms with E-state index < -0.39 is 10.8 Å². The van der Waals surface area contributed by atoms with Gasteiger partial charge in [-0.25, -0.2) is 0 Å². The Kier molecular flexibility index (Phi) is 7.83. The van der Waals surface area contributed by atoms with Gasteiger partial charge >= 0.3 is 0 Å². The number of carbonyl (C=O) groups is 1. The van der Waals surface area contributed by atoms with Gasteiger partial charge < -0.3 is 10.1 Å². The maximum absolute atomic E-state index is 12.5. The molecule has 0 unspecified atom stereocenters.